The molecule has 3 aromatic rings. The molecule has 2 atom stereocenters. The van der Waals surface area contributed by atoms with E-state index in [4.69, 9.17) is 11.6 Å². The number of hydrogen-bond acceptors (Lipinski definition) is 2. The number of benzene rings is 2. The number of likely N-dealkylation sites (N-methyl/N-ethyl adjacent to an activating group) is 1. The molecule has 0 spiro atoms. The van der Waals surface area contributed by atoms with Gasteiger partial charge in [-0.15, -0.1) is 0 Å². The third kappa shape index (κ3) is 2.86. The molecule has 4 nitrogen and oxygen atoms in total. The largest absolute Gasteiger partial charge is 0.358 e. The Balaban J connectivity index is 1.90. The summed E-state index contributed by atoms with van der Waals surface area (Å²) < 4.78 is 0.928. The van der Waals surface area contributed by atoms with Crippen LogP contribution in [0.2, 0.25) is 5.02 Å². The molecule has 2 aromatic carbocycles. The van der Waals surface area contributed by atoms with Gasteiger partial charge < -0.3 is 10.3 Å². The van der Waals surface area contributed by atoms with Crippen LogP contribution in [0.15, 0.2) is 46.9 Å². The Morgan fingerprint density at radius 2 is 2.08 bits per heavy atom. The predicted molar refractivity (Wildman–Crippen MR) is 104 cm³/mol. The van der Waals surface area contributed by atoms with Crippen LogP contribution in [0, 0.1) is 0 Å². The van der Waals surface area contributed by atoms with Crippen molar-refractivity contribution in [2.45, 2.75) is 18.5 Å². The lowest BCUT2D eigenvalue weighted by Crippen LogP contribution is -2.49. The fraction of sp³-hybridized carbons (Fsp3) is 0.211. The maximum Gasteiger partial charge on any atom is 0.237 e. The van der Waals surface area contributed by atoms with Gasteiger partial charge in [-0.2, -0.15) is 0 Å². The van der Waals surface area contributed by atoms with Gasteiger partial charge in [0.05, 0.1) is 12.1 Å². The number of aromatic amines is 1. The van der Waals surface area contributed by atoms with Gasteiger partial charge in [-0.3, -0.25) is 10.1 Å². The van der Waals surface area contributed by atoms with Crippen LogP contribution < -0.4 is 10.6 Å². The second-order valence-corrected chi connectivity index (χ2v) is 7.52. The van der Waals surface area contributed by atoms with E-state index in [1.807, 2.05) is 30.3 Å². The monoisotopic (exact) mass is 417 g/mol. The molecule has 0 aliphatic carbocycles. The summed E-state index contributed by atoms with van der Waals surface area (Å²) in [5.74, 6) is -0.0193. The van der Waals surface area contributed by atoms with Crippen LogP contribution >= 0.6 is 27.5 Å². The van der Waals surface area contributed by atoms with E-state index in [1.165, 1.54) is 5.56 Å². The third-order valence-corrected chi connectivity index (χ3v) is 5.57. The normalized spacial score (nSPS) is 19.6. The molecule has 25 heavy (non-hydrogen) atoms. The number of carbonyl (C=O) groups excluding carboxylic acids is 1. The summed E-state index contributed by atoms with van der Waals surface area (Å²) in [6.45, 7) is 0. The minimum absolute atomic E-state index is 0.0193. The molecule has 3 N–H and O–H groups in total. The molecule has 128 valence electrons. The Morgan fingerprint density at radius 3 is 2.84 bits per heavy atom. The average molecular weight is 419 g/mol. The van der Waals surface area contributed by atoms with Crippen molar-refractivity contribution in [1.29, 1.82) is 0 Å². The Labute approximate surface area is 159 Å². The van der Waals surface area contributed by atoms with Gasteiger partial charge in [0.1, 0.15) is 0 Å². The van der Waals surface area contributed by atoms with Crippen molar-refractivity contribution >= 4 is 44.3 Å². The number of H-pyrrole nitrogens is 1. The summed E-state index contributed by atoms with van der Waals surface area (Å²) >= 11 is 9.95. The molecule has 0 radical (unpaired) electrons. The van der Waals surface area contributed by atoms with E-state index >= 15 is 0 Å². The molecule has 0 unspecified atom stereocenters. The number of carbonyl (C=O) groups is 1. The summed E-state index contributed by atoms with van der Waals surface area (Å²) in [7, 11) is 1.66. The Morgan fingerprint density at radius 1 is 1.28 bits per heavy atom. The highest BCUT2D eigenvalue weighted by Crippen LogP contribution is 2.38. The quantitative estimate of drug-likeness (QED) is 0.590. The molecule has 1 amide bonds. The second-order valence-electron chi connectivity index (χ2n) is 6.20. The fourth-order valence-electron chi connectivity index (χ4n) is 3.56. The van der Waals surface area contributed by atoms with Crippen molar-refractivity contribution in [2.24, 2.45) is 0 Å². The number of fused-ring (bicyclic) bond motifs is 3. The Kier molecular flexibility index (Phi) is 4.31. The van der Waals surface area contributed by atoms with Gasteiger partial charge in [0, 0.05) is 33.1 Å². The maximum atomic E-state index is 12.3. The molecular formula is C19H17BrClN3O. The number of halogens is 2. The SMILES string of the molecule is CNC(=O)[C@@H]1Cc2c([nH]c3ccccc23)[C@@H](c2ccc(Br)cc2Cl)N1. The second kappa shape index (κ2) is 6.48. The zero-order valence-corrected chi connectivity index (χ0v) is 15.9. The van der Waals surface area contributed by atoms with Gasteiger partial charge in [-0.1, -0.05) is 51.8 Å². The summed E-state index contributed by atoms with van der Waals surface area (Å²) in [5, 5.41) is 8.02. The first-order valence-electron chi connectivity index (χ1n) is 8.10. The third-order valence-electron chi connectivity index (χ3n) is 4.75. The first-order chi connectivity index (χ1) is 12.1. The van der Waals surface area contributed by atoms with Gasteiger partial charge in [0.2, 0.25) is 5.91 Å². The molecule has 1 aliphatic rings. The van der Waals surface area contributed by atoms with E-state index in [-0.39, 0.29) is 18.0 Å². The van der Waals surface area contributed by atoms with Crippen LogP contribution in [0.1, 0.15) is 22.9 Å². The van der Waals surface area contributed by atoms with Crippen molar-refractivity contribution in [1.82, 2.24) is 15.6 Å². The van der Waals surface area contributed by atoms with Crippen molar-refractivity contribution in [3.8, 4) is 0 Å². The first-order valence-corrected chi connectivity index (χ1v) is 9.27. The van der Waals surface area contributed by atoms with Gasteiger partial charge in [0.15, 0.2) is 0 Å². The number of rotatable bonds is 2. The summed E-state index contributed by atoms with van der Waals surface area (Å²) in [6.07, 6.45) is 0.643. The van der Waals surface area contributed by atoms with E-state index in [0.29, 0.717) is 11.4 Å². The lowest BCUT2D eigenvalue weighted by atomic mass is 9.90. The van der Waals surface area contributed by atoms with Gasteiger partial charge in [0.25, 0.3) is 0 Å². The standard InChI is InChI=1S/C19H17BrClN3O/c1-22-19(25)16-9-13-11-4-2-3-5-15(11)23-18(13)17(24-16)12-7-6-10(20)8-14(12)21/h2-8,16-17,23-24H,9H2,1H3,(H,22,25)/t16-,17+/m0/s1. The molecule has 0 fully saturated rings. The lowest BCUT2D eigenvalue weighted by Gasteiger charge is -2.31. The van der Waals surface area contributed by atoms with Crippen molar-refractivity contribution < 1.29 is 4.79 Å². The van der Waals surface area contributed by atoms with E-state index in [1.54, 1.807) is 7.05 Å². The number of nitrogens with one attached hydrogen (secondary N) is 3. The topological polar surface area (TPSA) is 56.9 Å². The molecule has 4 rings (SSSR count). The van der Waals surface area contributed by atoms with Gasteiger partial charge in [-0.05, 0) is 35.7 Å². The fourth-order valence-corrected chi connectivity index (χ4v) is 4.34. The number of para-hydroxylation sites is 1. The Hall–Kier alpha value is -1.82. The minimum Gasteiger partial charge on any atom is -0.358 e. The van der Waals surface area contributed by atoms with Crippen LogP contribution in [-0.2, 0) is 11.2 Å². The lowest BCUT2D eigenvalue weighted by molar-refractivity contribution is -0.122. The van der Waals surface area contributed by atoms with E-state index < -0.39 is 0 Å². The van der Waals surface area contributed by atoms with Crippen LogP contribution in [-0.4, -0.2) is 24.0 Å². The highest BCUT2D eigenvalue weighted by Gasteiger charge is 2.34. The first kappa shape index (κ1) is 16.6. The molecular weight excluding hydrogens is 402 g/mol. The van der Waals surface area contributed by atoms with E-state index in [0.717, 1.165) is 26.6 Å². The molecule has 1 aliphatic heterocycles. The summed E-state index contributed by atoms with van der Waals surface area (Å²) in [6, 6.07) is 13.6. The highest BCUT2D eigenvalue weighted by molar-refractivity contribution is 9.10. The van der Waals surface area contributed by atoms with Gasteiger partial charge in [-0.25, -0.2) is 0 Å². The number of hydrogen-bond donors (Lipinski definition) is 3. The molecule has 0 bridgehead atoms. The molecule has 1 aromatic heterocycles. The van der Waals surface area contributed by atoms with Crippen molar-refractivity contribution in [2.75, 3.05) is 7.05 Å². The predicted octanol–water partition coefficient (Wildman–Crippen LogP) is 3.93. The molecule has 6 heteroatoms. The molecule has 2 heterocycles. The zero-order chi connectivity index (χ0) is 17.6. The van der Waals surface area contributed by atoms with Gasteiger partial charge >= 0.3 is 0 Å². The van der Waals surface area contributed by atoms with Crippen molar-refractivity contribution in [3.63, 3.8) is 0 Å². The molecule has 0 saturated carbocycles. The zero-order valence-electron chi connectivity index (χ0n) is 13.6. The van der Waals surface area contributed by atoms with Crippen LogP contribution in [0.3, 0.4) is 0 Å². The average Bonchev–Trinajstić information content (AvgIpc) is 2.99. The highest BCUT2D eigenvalue weighted by atomic mass is 79.9. The van der Waals surface area contributed by atoms with Crippen molar-refractivity contribution in [3.05, 3.63) is 68.8 Å². The summed E-state index contributed by atoms with van der Waals surface area (Å²) in [5.41, 5.74) is 4.27. The number of amides is 1. The smallest absolute Gasteiger partial charge is 0.237 e. The van der Waals surface area contributed by atoms with Crippen LogP contribution in [0.4, 0.5) is 0 Å². The summed E-state index contributed by atoms with van der Waals surface area (Å²) in [4.78, 5) is 15.8. The van der Waals surface area contributed by atoms with Crippen LogP contribution in [0.5, 0.6) is 0 Å². The maximum absolute atomic E-state index is 12.3. The molecule has 0 saturated heterocycles. The van der Waals surface area contributed by atoms with E-state index in [2.05, 4.69) is 43.7 Å². The number of aromatic nitrogens is 1. The minimum atomic E-state index is -0.304. The van der Waals surface area contributed by atoms with E-state index in [9.17, 15) is 4.79 Å². The van der Waals surface area contributed by atoms with Crippen LogP contribution in [0.25, 0.3) is 10.9 Å². The Bertz CT molecular complexity index is 968.